The molecule has 0 saturated carbocycles. The summed E-state index contributed by atoms with van der Waals surface area (Å²) in [6.45, 7) is 4.68. The van der Waals surface area contributed by atoms with Gasteiger partial charge in [0.1, 0.15) is 12.0 Å². The van der Waals surface area contributed by atoms with Gasteiger partial charge in [-0.1, -0.05) is 30.3 Å². The Morgan fingerprint density at radius 3 is 2.38 bits per heavy atom. The van der Waals surface area contributed by atoms with Crippen LogP contribution < -0.4 is 0 Å². The van der Waals surface area contributed by atoms with Gasteiger partial charge in [0.05, 0.1) is 5.37 Å². The molecule has 0 bridgehead atoms. The zero-order valence-electron chi connectivity index (χ0n) is 14.5. The summed E-state index contributed by atoms with van der Waals surface area (Å²) >= 11 is 1.31. The van der Waals surface area contributed by atoms with Crippen LogP contribution in [0.25, 0.3) is 0 Å². The molecule has 0 aliphatic carbocycles. The molecule has 1 unspecified atom stereocenters. The lowest BCUT2D eigenvalue weighted by Crippen LogP contribution is -2.66. The Balaban J connectivity index is 1.92. The predicted molar refractivity (Wildman–Crippen MR) is 93.5 cm³/mol. The summed E-state index contributed by atoms with van der Waals surface area (Å²) in [6, 6.07) is 7.31. The van der Waals surface area contributed by atoms with E-state index in [9.17, 15) is 24.3 Å². The second-order valence-corrected chi connectivity index (χ2v) is 8.66. The van der Waals surface area contributed by atoms with Gasteiger partial charge in [-0.15, -0.1) is 11.8 Å². The van der Waals surface area contributed by atoms with Gasteiger partial charge in [-0.05, 0) is 13.8 Å². The molecule has 1 aromatic carbocycles. The van der Waals surface area contributed by atoms with Gasteiger partial charge in [-0.3, -0.25) is 14.4 Å². The van der Waals surface area contributed by atoms with E-state index in [1.807, 2.05) is 0 Å². The molecular weight excluding hydrogens is 358 g/mol. The summed E-state index contributed by atoms with van der Waals surface area (Å²) < 4.78 is 4.51. The molecule has 0 spiro atoms. The van der Waals surface area contributed by atoms with E-state index >= 15 is 0 Å². The van der Waals surface area contributed by atoms with E-state index in [-0.39, 0.29) is 0 Å². The Labute approximate surface area is 154 Å². The monoisotopic (exact) mass is 377 g/mol. The SMILES string of the molecule is CC(=O)OC(C(=O)c1ccccc1)[C@@H]1C(=O)N2[C@@H]1SC(C)(C)[C@@H]2C(=O)O. The molecule has 4 atom stereocenters. The van der Waals surface area contributed by atoms with Gasteiger partial charge in [-0.25, -0.2) is 4.79 Å². The Morgan fingerprint density at radius 2 is 1.85 bits per heavy atom. The summed E-state index contributed by atoms with van der Waals surface area (Å²) in [5.41, 5.74) is 0.335. The highest BCUT2D eigenvalue weighted by Crippen LogP contribution is 2.54. The van der Waals surface area contributed by atoms with Crippen LogP contribution in [0.5, 0.6) is 0 Å². The third-order valence-corrected chi connectivity index (χ3v) is 6.24. The van der Waals surface area contributed by atoms with Crippen molar-refractivity contribution in [2.24, 2.45) is 5.92 Å². The highest BCUT2D eigenvalue weighted by Gasteiger charge is 2.66. The standard InChI is InChI=1S/C18H19NO6S/c1-9(20)25-13(12(21)10-7-5-4-6-8-10)11-15(22)19-14(17(23)24)18(2,3)26-16(11)19/h4-8,11,13-14,16H,1-3H3,(H,23,24)/t11-,13?,14+,16-/m1/s1. The number of hydrogen-bond donors (Lipinski definition) is 1. The van der Waals surface area contributed by atoms with E-state index in [1.165, 1.54) is 23.6 Å². The number of esters is 1. The number of thioether (sulfide) groups is 1. The van der Waals surface area contributed by atoms with Crippen molar-refractivity contribution in [1.82, 2.24) is 4.90 Å². The zero-order valence-corrected chi connectivity index (χ0v) is 15.4. The minimum absolute atomic E-state index is 0.335. The van der Waals surface area contributed by atoms with E-state index < -0.39 is 51.8 Å². The van der Waals surface area contributed by atoms with Crippen molar-refractivity contribution in [3.63, 3.8) is 0 Å². The maximum Gasteiger partial charge on any atom is 0.327 e. The molecule has 2 heterocycles. The van der Waals surface area contributed by atoms with Crippen LogP contribution in [0, 0.1) is 5.92 Å². The lowest BCUT2D eigenvalue weighted by atomic mass is 9.84. The number of carbonyl (C=O) groups is 4. The fourth-order valence-electron chi connectivity index (χ4n) is 3.56. The molecule has 1 amide bonds. The Morgan fingerprint density at radius 1 is 1.23 bits per heavy atom. The summed E-state index contributed by atoms with van der Waals surface area (Å²) in [5.74, 6) is -3.58. The van der Waals surface area contributed by atoms with Crippen LogP contribution in [-0.4, -0.2) is 55.9 Å². The van der Waals surface area contributed by atoms with Crippen molar-refractivity contribution in [3.8, 4) is 0 Å². The largest absolute Gasteiger partial charge is 0.480 e. The molecule has 7 nitrogen and oxygen atoms in total. The van der Waals surface area contributed by atoms with Crippen LogP contribution in [-0.2, 0) is 19.1 Å². The molecule has 2 aliphatic heterocycles. The molecule has 2 fully saturated rings. The van der Waals surface area contributed by atoms with Crippen LogP contribution in [0.1, 0.15) is 31.1 Å². The van der Waals surface area contributed by atoms with E-state index in [0.29, 0.717) is 5.56 Å². The summed E-state index contributed by atoms with van der Waals surface area (Å²) in [4.78, 5) is 50.0. The normalized spacial score (nSPS) is 27.3. The number of ketones is 1. The van der Waals surface area contributed by atoms with Crippen LogP contribution in [0.2, 0.25) is 0 Å². The van der Waals surface area contributed by atoms with Crippen molar-refractivity contribution >= 4 is 35.4 Å². The molecule has 1 aromatic rings. The minimum atomic E-state index is -1.26. The highest BCUT2D eigenvalue weighted by molar-refractivity contribution is 8.01. The van der Waals surface area contributed by atoms with Crippen molar-refractivity contribution in [2.75, 3.05) is 0 Å². The van der Waals surface area contributed by atoms with Gasteiger partial charge in [0.15, 0.2) is 6.10 Å². The number of β-lactam (4-membered cyclic amide) rings is 1. The number of rotatable bonds is 5. The predicted octanol–water partition coefficient (Wildman–Crippen LogP) is 1.56. The summed E-state index contributed by atoms with van der Waals surface area (Å²) in [7, 11) is 0. The number of fused-ring (bicyclic) bond motifs is 1. The molecular formula is C18H19NO6S. The summed E-state index contributed by atoms with van der Waals surface area (Å²) in [5, 5.41) is 8.97. The number of amides is 1. The number of nitrogens with zero attached hydrogens (tertiary/aromatic N) is 1. The van der Waals surface area contributed by atoms with E-state index in [4.69, 9.17) is 4.74 Å². The van der Waals surface area contributed by atoms with Gasteiger partial charge in [0.25, 0.3) is 0 Å². The average molecular weight is 377 g/mol. The molecule has 3 rings (SSSR count). The first-order chi connectivity index (χ1) is 12.1. The van der Waals surface area contributed by atoms with E-state index in [1.54, 1.807) is 44.2 Å². The molecule has 8 heteroatoms. The topological polar surface area (TPSA) is 101 Å². The molecule has 138 valence electrons. The number of carbonyl (C=O) groups excluding carboxylic acids is 3. The van der Waals surface area contributed by atoms with Gasteiger partial charge in [-0.2, -0.15) is 0 Å². The average Bonchev–Trinajstić information content (AvgIpc) is 2.82. The Bertz CT molecular complexity index is 777. The lowest BCUT2D eigenvalue weighted by molar-refractivity contribution is -0.172. The highest BCUT2D eigenvalue weighted by atomic mass is 32.2. The second-order valence-electron chi connectivity index (χ2n) is 6.88. The van der Waals surface area contributed by atoms with E-state index in [0.717, 1.165) is 0 Å². The first kappa shape index (κ1) is 18.4. The lowest BCUT2D eigenvalue weighted by Gasteiger charge is -2.45. The third-order valence-electron chi connectivity index (χ3n) is 4.65. The number of benzene rings is 1. The molecule has 0 radical (unpaired) electrons. The van der Waals surface area contributed by atoms with Crippen LogP contribution in [0.4, 0.5) is 0 Å². The minimum Gasteiger partial charge on any atom is -0.480 e. The van der Waals surface area contributed by atoms with Crippen LogP contribution in [0.15, 0.2) is 30.3 Å². The van der Waals surface area contributed by atoms with Crippen LogP contribution >= 0.6 is 11.8 Å². The van der Waals surface area contributed by atoms with Gasteiger partial charge in [0, 0.05) is 17.2 Å². The van der Waals surface area contributed by atoms with Crippen molar-refractivity contribution in [3.05, 3.63) is 35.9 Å². The molecule has 26 heavy (non-hydrogen) atoms. The molecule has 2 aliphatic rings. The number of hydrogen-bond acceptors (Lipinski definition) is 6. The first-order valence-electron chi connectivity index (χ1n) is 8.14. The van der Waals surface area contributed by atoms with Crippen molar-refractivity contribution in [2.45, 2.75) is 43.0 Å². The number of aliphatic carboxylic acids is 1. The smallest absolute Gasteiger partial charge is 0.327 e. The third kappa shape index (κ3) is 2.88. The van der Waals surface area contributed by atoms with Crippen molar-refractivity contribution in [1.29, 1.82) is 0 Å². The first-order valence-corrected chi connectivity index (χ1v) is 9.02. The molecule has 1 N–H and O–H groups in total. The Hall–Kier alpha value is -2.35. The maximum atomic E-state index is 12.9. The fraction of sp³-hybridized carbons (Fsp3) is 0.444. The van der Waals surface area contributed by atoms with Crippen molar-refractivity contribution < 1.29 is 29.0 Å². The number of Topliss-reactive ketones (excluding diaryl/α,β-unsaturated/α-hetero) is 1. The number of ether oxygens (including phenoxy) is 1. The van der Waals surface area contributed by atoms with Crippen LogP contribution in [0.3, 0.4) is 0 Å². The quantitative estimate of drug-likeness (QED) is 0.472. The van der Waals surface area contributed by atoms with Gasteiger partial charge < -0.3 is 14.7 Å². The second kappa shape index (κ2) is 6.42. The molecule has 0 aromatic heterocycles. The number of carboxylic acids is 1. The number of carboxylic acid groups (broad SMARTS) is 1. The molecule has 2 saturated heterocycles. The Kier molecular flexibility index (Phi) is 4.56. The fourth-order valence-corrected chi connectivity index (χ4v) is 5.27. The van der Waals surface area contributed by atoms with Gasteiger partial charge in [0.2, 0.25) is 11.7 Å². The maximum absolute atomic E-state index is 12.9. The van der Waals surface area contributed by atoms with E-state index in [2.05, 4.69) is 0 Å². The van der Waals surface area contributed by atoms with Gasteiger partial charge >= 0.3 is 11.9 Å². The summed E-state index contributed by atoms with van der Waals surface area (Å²) in [6.07, 6.45) is -1.26. The zero-order chi connectivity index (χ0) is 19.2.